The number of nitrogens with zero attached hydrogens (tertiary/aromatic N) is 2. The van der Waals surface area contributed by atoms with Crippen LogP contribution in [0.1, 0.15) is 32.3 Å². The molecule has 1 saturated heterocycles. The van der Waals surface area contributed by atoms with Crippen molar-refractivity contribution >= 4 is 29.2 Å². The van der Waals surface area contributed by atoms with Gasteiger partial charge in [0, 0.05) is 48.7 Å². The Kier molecular flexibility index (Phi) is 9.31. The third kappa shape index (κ3) is 7.41. The van der Waals surface area contributed by atoms with Crippen molar-refractivity contribution in [2.75, 3.05) is 52.5 Å². The number of ether oxygens (including phenoxy) is 1. The van der Waals surface area contributed by atoms with Gasteiger partial charge >= 0.3 is 0 Å². The van der Waals surface area contributed by atoms with Crippen LogP contribution in [0.3, 0.4) is 0 Å². The Labute approximate surface area is 178 Å². The van der Waals surface area contributed by atoms with Crippen LogP contribution in [0.5, 0.6) is 0 Å². The highest BCUT2D eigenvalue weighted by Crippen LogP contribution is 2.30. The van der Waals surface area contributed by atoms with Crippen LogP contribution in [0.2, 0.25) is 10.0 Å². The van der Waals surface area contributed by atoms with Gasteiger partial charge in [0.1, 0.15) is 0 Å². The van der Waals surface area contributed by atoms with Crippen LogP contribution in [-0.2, 0) is 4.74 Å². The fraction of sp³-hybridized carbons (Fsp3) is 0.650. The lowest BCUT2D eigenvalue weighted by Gasteiger charge is -2.33. The molecule has 158 valence electrons. The van der Waals surface area contributed by atoms with E-state index >= 15 is 0 Å². The van der Waals surface area contributed by atoms with Crippen LogP contribution in [-0.4, -0.2) is 74.0 Å². The summed E-state index contributed by atoms with van der Waals surface area (Å²) < 4.78 is 5.36. The Balaban J connectivity index is 1.93. The number of halogens is 2. The van der Waals surface area contributed by atoms with Crippen LogP contribution in [0, 0.1) is 0 Å². The van der Waals surface area contributed by atoms with Crippen molar-refractivity contribution in [3.63, 3.8) is 0 Å². The lowest BCUT2D eigenvalue weighted by atomic mass is 10.0. The number of β-amino-alcohol motifs (C(OH)–C–C–N with tert-alkyl or cyclic N) is 1. The molecule has 2 unspecified atom stereocenters. The van der Waals surface area contributed by atoms with Crippen molar-refractivity contribution in [2.24, 2.45) is 4.99 Å². The van der Waals surface area contributed by atoms with E-state index in [0.29, 0.717) is 48.9 Å². The van der Waals surface area contributed by atoms with Crippen LogP contribution >= 0.6 is 23.2 Å². The molecule has 0 aromatic heterocycles. The molecule has 2 atom stereocenters. The monoisotopic (exact) mass is 430 g/mol. The van der Waals surface area contributed by atoms with E-state index in [2.05, 4.69) is 27.4 Å². The van der Waals surface area contributed by atoms with Crippen molar-refractivity contribution in [1.29, 1.82) is 0 Å². The maximum Gasteiger partial charge on any atom is 0.191 e. The number of morpholine rings is 1. The van der Waals surface area contributed by atoms with Crippen LogP contribution < -0.4 is 10.6 Å². The zero-order valence-corrected chi connectivity index (χ0v) is 18.5. The topological polar surface area (TPSA) is 69.1 Å². The molecular weight excluding hydrogens is 399 g/mol. The van der Waals surface area contributed by atoms with Crippen molar-refractivity contribution in [3.8, 4) is 0 Å². The summed E-state index contributed by atoms with van der Waals surface area (Å²) >= 11 is 12.6. The van der Waals surface area contributed by atoms with Gasteiger partial charge in [-0.15, -0.1) is 0 Å². The second kappa shape index (κ2) is 11.2. The average Bonchev–Trinajstić information content (AvgIpc) is 2.64. The Morgan fingerprint density at radius 2 is 1.93 bits per heavy atom. The molecule has 8 heteroatoms. The first kappa shape index (κ1) is 23.2. The van der Waals surface area contributed by atoms with E-state index in [1.54, 1.807) is 0 Å². The SMILES string of the molecule is CCNC(=NCC(C)(O)CN1CCOCC1)NCC(C)c1c(Cl)cccc1Cl. The summed E-state index contributed by atoms with van der Waals surface area (Å²) in [5, 5.41) is 18.6. The van der Waals surface area contributed by atoms with Gasteiger partial charge in [-0.05, 0) is 31.5 Å². The highest BCUT2D eigenvalue weighted by molar-refractivity contribution is 6.36. The first-order chi connectivity index (χ1) is 13.3. The minimum Gasteiger partial charge on any atom is -0.387 e. The summed E-state index contributed by atoms with van der Waals surface area (Å²) in [4.78, 5) is 6.79. The van der Waals surface area contributed by atoms with Gasteiger partial charge in [-0.1, -0.05) is 36.2 Å². The molecule has 0 bridgehead atoms. The number of benzene rings is 1. The number of aliphatic hydroxyl groups is 1. The zero-order valence-electron chi connectivity index (χ0n) is 17.0. The molecule has 1 heterocycles. The third-order valence-corrected chi connectivity index (χ3v) is 5.32. The van der Waals surface area contributed by atoms with Gasteiger partial charge in [0.15, 0.2) is 5.96 Å². The van der Waals surface area contributed by atoms with Gasteiger partial charge in [-0.25, -0.2) is 0 Å². The van der Waals surface area contributed by atoms with E-state index in [0.717, 1.165) is 25.2 Å². The molecule has 1 aliphatic heterocycles. The van der Waals surface area contributed by atoms with Crippen LogP contribution in [0.15, 0.2) is 23.2 Å². The summed E-state index contributed by atoms with van der Waals surface area (Å²) in [7, 11) is 0. The molecule has 28 heavy (non-hydrogen) atoms. The molecule has 0 aliphatic carbocycles. The number of nitrogens with one attached hydrogen (secondary N) is 2. The highest BCUT2D eigenvalue weighted by atomic mass is 35.5. The van der Waals surface area contributed by atoms with Crippen molar-refractivity contribution in [1.82, 2.24) is 15.5 Å². The van der Waals surface area contributed by atoms with Crippen molar-refractivity contribution < 1.29 is 9.84 Å². The molecule has 2 rings (SSSR count). The molecule has 1 fully saturated rings. The second-order valence-electron chi connectivity index (χ2n) is 7.50. The van der Waals surface area contributed by atoms with Gasteiger partial charge in [-0.2, -0.15) is 0 Å². The van der Waals surface area contributed by atoms with E-state index in [4.69, 9.17) is 27.9 Å². The first-order valence-electron chi connectivity index (χ1n) is 9.81. The maximum atomic E-state index is 10.7. The van der Waals surface area contributed by atoms with Gasteiger partial charge in [0.05, 0.1) is 25.4 Å². The molecule has 0 amide bonds. The fourth-order valence-corrected chi connectivity index (χ4v) is 3.99. The molecule has 0 spiro atoms. The number of hydrogen-bond donors (Lipinski definition) is 3. The lowest BCUT2D eigenvalue weighted by molar-refractivity contribution is -0.0179. The smallest absolute Gasteiger partial charge is 0.191 e. The third-order valence-electron chi connectivity index (χ3n) is 4.66. The van der Waals surface area contributed by atoms with Gasteiger partial charge in [0.25, 0.3) is 0 Å². The van der Waals surface area contributed by atoms with E-state index in [-0.39, 0.29) is 5.92 Å². The maximum absolute atomic E-state index is 10.7. The summed E-state index contributed by atoms with van der Waals surface area (Å²) in [6.45, 7) is 11.3. The molecule has 0 saturated carbocycles. The Morgan fingerprint density at radius 3 is 2.54 bits per heavy atom. The number of aliphatic imine (C=N–C) groups is 1. The van der Waals surface area contributed by atoms with E-state index < -0.39 is 5.60 Å². The molecular formula is C20H32Cl2N4O2. The van der Waals surface area contributed by atoms with E-state index in [1.165, 1.54) is 0 Å². The average molecular weight is 431 g/mol. The largest absolute Gasteiger partial charge is 0.387 e. The van der Waals surface area contributed by atoms with Gasteiger partial charge in [0.2, 0.25) is 0 Å². The predicted octanol–water partition coefficient (Wildman–Crippen LogP) is 2.74. The second-order valence-corrected chi connectivity index (χ2v) is 8.31. The zero-order chi connectivity index (χ0) is 20.6. The summed E-state index contributed by atoms with van der Waals surface area (Å²) in [5.74, 6) is 0.777. The summed E-state index contributed by atoms with van der Waals surface area (Å²) in [5.41, 5.74) is 0.0191. The fourth-order valence-electron chi connectivity index (χ4n) is 3.22. The molecule has 3 N–H and O–H groups in total. The van der Waals surface area contributed by atoms with Gasteiger partial charge in [-0.3, -0.25) is 9.89 Å². The molecule has 1 aromatic rings. The first-order valence-corrected chi connectivity index (χ1v) is 10.6. The molecule has 6 nitrogen and oxygen atoms in total. The minimum absolute atomic E-state index is 0.110. The standard InChI is InChI=1S/C20H32Cl2N4O2/c1-4-23-19(24-12-15(2)18-16(21)6-5-7-17(18)22)25-13-20(3,27)14-26-8-10-28-11-9-26/h5-7,15,27H,4,8-14H2,1-3H3,(H2,23,24,25). The normalized spacial score (nSPS) is 19.1. The summed E-state index contributed by atoms with van der Waals surface area (Å²) in [6.07, 6.45) is 0. The lowest BCUT2D eigenvalue weighted by Crippen LogP contribution is -2.48. The van der Waals surface area contributed by atoms with Gasteiger partial charge < -0.3 is 20.5 Å². The minimum atomic E-state index is -0.905. The molecule has 1 aromatic carbocycles. The Morgan fingerprint density at radius 1 is 1.29 bits per heavy atom. The van der Waals surface area contributed by atoms with E-state index in [1.807, 2.05) is 32.0 Å². The van der Waals surface area contributed by atoms with Crippen molar-refractivity contribution in [2.45, 2.75) is 32.3 Å². The predicted molar refractivity (Wildman–Crippen MR) is 117 cm³/mol. The number of rotatable bonds is 8. The van der Waals surface area contributed by atoms with Crippen molar-refractivity contribution in [3.05, 3.63) is 33.8 Å². The quantitative estimate of drug-likeness (QED) is 0.436. The Hall–Kier alpha value is -1.05. The Bertz CT molecular complexity index is 629. The molecule has 0 radical (unpaired) electrons. The highest BCUT2D eigenvalue weighted by Gasteiger charge is 2.25. The number of hydrogen-bond acceptors (Lipinski definition) is 4. The molecule has 1 aliphatic rings. The van der Waals surface area contributed by atoms with Crippen LogP contribution in [0.4, 0.5) is 0 Å². The van der Waals surface area contributed by atoms with E-state index in [9.17, 15) is 5.11 Å². The van der Waals surface area contributed by atoms with Crippen LogP contribution in [0.25, 0.3) is 0 Å². The summed E-state index contributed by atoms with van der Waals surface area (Å²) in [6, 6.07) is 5.54. The number of guanidine groups is 1.